The maximum absolute atomic E-state index is 13.7. The highest BCUT2D eigenvalue weighted by Crippen LogP contribution is 2.50. The smallest absolute Gasteiger partial charge is 0.231 e. The van der Waals surface area contributed by atoms with Gasteiger partial charge in [0.15, 0.2) is 17.3 Å². The Labute approximate surface area is 197 Å². The normalized spacial score (nSPS) is 20.6. The third-order valence-electron chi connectivity index (χ3n) is 7.20. The van der Waals surface area contributed by atoms with Gasteiger partial charge in [0, 0.05) is 35.2 Å². The summed E-state index contributed by atoms with van der Waals surface area (Å²) in [5, 5.41) is 4.75. The van der Waals surface area contributed by atoms with Crippen molar-refractivity contribution in [2.45, 2.75) is 24.7 Å². The lowest BCUT2D eigenvalue weighted by atomic mass is 9.71. The number of anilines is 1. The predicted octanol–water partition coefficient (Wildman–Crippen LogP) is 5.92. The van der Waals surface area contributed by atoms with Crippen LogP contribution >= 0.6 is 0 Å². The Hall–Kier alpha value is -4.12. The molecular formula is C29H22N2O3. The number of aromatic nitrogens is 1. The van der Waals surface area contributed by atoms with Crippen molar-refractivity contribution in [3.05, 3.63) is 107 Å². The van der Waals surface area contributed by atoms with E-state index in [0.29, 0.717) is 6.42 Å². The fourth-order valence-corrected chi connectivity index (χ4v) is 5.64. The van der Waals surface area contributed by atoms with Crippen LogP contribution in [0.25, 0.3) is 10.9 Å². The molecule has 0 spiro atoms. The number of carbonyl (C=O) groups excluding carboxylic acids is 1. The fraction of sp³-hybridized carbons (Fsp3) is 0.172. The number of nitrogens with one attached hydrogen (secondary N) is 1. The molecule has 3 aromatic carbocycles. The number of benzene rings is 3. The molecule has 5 heteroatoms. The van der Waals surface area contributed by atoms with E-state index >= 15 is 0 Å². The molecule has 4 aromatic rings. The van der Waals surface area contributed by atoms with E-state index in [1.54, 1.807) is 0 Å². The first kappa shape index (κ1) is 19.4. The fourth-order valence-electron chi connectivity index (χ4n) is 5.64. The highest BCUT2D eigenvalue weighted by molar-refractivity contribution is 6.04. The van der Waals surface area contributed by atoms with Crippen LogP contribution in [0.15, 0.2) is 90.3 Å². The van der Waals surface area contributed by atoms with Crippen molar-refractivity contribution in [3.63, 3.8) is 0 Å². The van der Waals surface area contributed by atoms with Crippen LogP contribution in [-0.4, -0.2) is 17.6 Å². The Balaban J connectivity index is 1.42. The van der Waals surface area contributed by atoms with Gasteiger partial charge in [0.05, 0.1) is 11.2 Å². The molecule has 2 atom stereocenters. The third-order valence-corrected chi connectivity index (χ3v) is 7.20. The van der Waals surface area contributed by atoms with Gasteiger partial charge in [0.1, 0.15) is 0 Å². The SMILES string of the molecule is O=C1CC(c2ccccc2)CC2=C1C(c1ccc3c(c1)OCO3)c1ccc3ncccc3c1N2. The Morgan fingerprint density at radius 3 is 2.65 bits per heavy atom. The quantitative estimate of drug-likeness (QED) is 0.414. The Morgan fingerprint density at radius 2 is 1.74 bits per heavy atom. The van der Waals surface area contributed by atoms with Gasteiger partial charge in [-0.05, 0) is 59.4 Å². The van der Waals surface area contributed by atoms with E-state index in [2.05, 4.69) is 40.6 Å². The number of ether oxygens (including phenoxy) is 2. The minimum absolute atomic E-state index is 0.159. The molecule has 7 rings (SSSR count). The average molecular weight is 447 g/mol. The number of hydrogen-bond donors (Lipinski definition) is 1. The molecule has 3 aliphatic rings. The van der Waals surface area contributed by atoms with Crippen molar-refractivity contribution in [1.29, 1.82) is 0 Å². The van der Waals surface area contributed by atoms with Crippen LogP contribution in [0.1, 0.15) is 41.4 Å². The molecule has 0 fully saturated rings. The standard InChI is InChI=1S/C29H22N2O3/c32-24-14-19(17-5-2-1-3-6-17)13-23-28(24)27(18-8-11-25-26(15-18)34-16-33-25)21-9-10-22-20(29(21)31-23)7-4-12-30-22/h1-12,15,19,27,31H,13-14,16H2. The zero-order valence-electron chi connectivity index (χ0n) is 18.5. The summed E-state index contributed by atoms with van der Waals surface area (Å²) in [5.74, 6) is 1.66. The zero-order valence-corrected chi connectivity index (χ0v) is 18.5. The number of rotatable bonds is 2. The molecule has 3 heterocycles. The van der Waals surface area contributed by atoms with Gasteiger partial charge in [-0.15, -0.1) is 0 Å². The van der Waals surface area contributed by atoms with E-state index in [0.717, 1.165) is 56.9 Å². The summed E-state index contributed by atoms with van der Waals surface area (Å²) in [7, 11) is 0. The second kappa shape index (κ2) is 7.45. The highest BCUT2D eigenvalue weighted by Gasteiger charge is 2.39. The largest absolute Gasteiger partial charge is 0.454 e. The Bertz CT molecular complexity index is 1490. The molecule has 34 heavy (non-hydrogen) atoms. The maximum atomic E-state index is 13.7. The summed E-state index contributed by atoms with van der Waals surface area (Å²) in [6.07, 6.45) is 3.12. The van der Waals surface area contributed by atoms with Crippen LogP contribution in [0, 0.1) is 0 Å². The molecule has 2 aliphatic heterocycles. The average Bonchev–Trinajstić information content (AvgIpc) is 3.36. The second-order valence-corrected chi connectivity index (χ2v) is 9.10. The minimum atomic E-state index is -0.172. The number of Topliss-reactive ketones (excluding diaryl/α,β-unsaturated/α-hetero) is 1. The summed E-state index contributed by atoms with van der Waals surface area (Å²) in [5.41, 5.74) is 7.17. The first-order valence-corrected chi connectivity index (χ1v) is 11.6. The number of hydrogen-bond acceptors (Lipinski definition) is 5. The summed E-state index contributed by atoms with van der Waals surface area (Å²) in [6, 6.07) is 24.6. The summed E-state index contributed by atoms with van der Waals surface area (Å²) < 4.78 is 11.2. The van der Waals surface area contributed by atoms with E-state index in [9.17, 15) is 4.79 Å². The minimum Gasteiger partial charge on any atom is -0.454 e. The molecule has 1 N–H and O–H groups in total. The van der Waals surface area contributed by atoms with E-state index in [1.807, 2.05) is 48.7 Å². The number of pyridine rings is 1. The molecule has 0 amide bonds. The van der Waals surface area contributed by atoms with Crippen molar-refractivity contribution >= 4 is 22.4 Å². The van der Waals surface area contributed by atoms with Gasteiger partial charge >= 0.3 is 0 Å². The van der Waals surface area contributed by atoms with E-state index in [1.165, 1.54) is 5.56 Å². The van der Waals surface area contributed by atoms with E-state index in [-0.39, 0.29) is 24.4 Å². The van der Waals surface area contributed by atoms with Gasteiger partial charge < -0.3 is 14.8 Å². The van der Waals surface area contributed by atoms with Crippen LogP contribution in [0.4, 0.5) is 5.69 Å². The second-order valence-electron chi connectivity index (χ2n) is 9.10. The molecule has 0 radical (unpaired) electrons. The van der Waals surface area contributed by atoms with Crippen molar-refractivity contribution in [2.75, 3.05) is 12.1 Å². The van der Waals surface area contributed by atoms with Crippen molar-refractivity contribution in [3.8, 4) is 11.5 Å². The van der Waals surface area contributed by atoms with Gasteiger partial charge in [-0.3, -0.25) is 9.78 Å². The van der Waals surface area contributed by atoms with E-state index < -0.39 is 0 Å². The molecule has 0 saturated heterocycles. The van der Waals surface area contributed by atoms with E-state index in [4.69, 9.17) is 9.47 Å². The van der Waals surface area contributed by atoms with Crippen molar-refractivity contribution < 1.29 is 14.3 Å². The van der Waals surface area contributed by atoms with Gasteiger partial charge in [-0.25, -0.2) is 0 Å². The van der Waals surface area contributed by atoms with Crippen LogP contribution < -0.4 is 14.8 Å². The molecule has 1 aliphatic carbocycles. The number of fused-ring (bicyclic) bond motifs is 4. The Morgan fingerprint density at radius 1 is 0.853 bits per heavy atom. The molecule has 166 valence electrons. The molecule has 0 bridgehead atoms. The van der Waals surface area contributed by atoms with Gasteiger partial charge in [-0.1, -0.05) is 42.5 Å². The monoisotopic (exact) mass is 446 g/mol. The predicted molar refractivity (Wildman–Crippen MR) is 130 cm³/mol. The topological polar surface area (TPSA) is 60.5 Å². The maximum Gasteiger partial charge on any atom is 0.231 e. The van der Waals surface area contributed by atoms with Crippen LogP contribution in [0.3, 0.4) is 0 Å². The lowest BCUT2D eigenvalue weighted by molar-refractivity contribution is -0.116. The summed E-state index contributed by atoms with van der Waals surface area (Å²) >= 11 is 0. The molecular weight excluding hydrogens is 424 g/mol. The van der Waals surface area contributed by atoms with Gasteiger partial charge in [0.25, 0.3) is 0 Å². The molecule has 5 nitrogen and oxygen atoms in total. The van der Waals surface area contributed by atoms with Crippen molar-refractivity contribution in [2.24, 2.45) is 0 Å². The molecule has 1 aromatic heterocycles. The number of allylic oxidation sites excluding steroid dienone is 2. The van der Waals surface area contributed by atoms with Crippen LogP contribution in [0.2, 0.25) is 0 Å². The van der Waals surface area contributed by atoms with Gasteiger partial charge in [-0.2, -0.15) is 0 Å². The number of ketones is 1. The summed E-state index contributed by atoms with van der Waals surface area (Å²) in [6.45, 7) is 0.226. The first-order chi connectivity index (χ1) is 16.8. The van der Waals surface area contributed by atoms with Crippen LogP contribution in [-0.2, 0) is 4.79 Å². The third kappa shape index (κ3) is 2.93. The van der Waals surface area contributed by atoms with Crippen molar-refractivity contribution in [1.82, 2.24) is 4.98 Å². The first-order valence-electron chi connectivity index (χ1n) is 11.6. The molecule has 0 saturated carbocycles. The lowest BCUT2D eigenvalue weighted by Gasteiger charge is -2.37. The number of carbonyl (C=O) groups is 1. The summed E-state index contributed by atoms with van der Waals surface area (Å²) in [4.78, 5) is 18.3. The lowest BCUT2D eigenvalue weighted by Crippen LogP contribution is -2.30. The number of nitrogens with zero attached hydrogens (tertiary/aromatic N) is 1. The van der Waals surface area contributed by atoms with Gasteiger partial charge in [0.2, 0.25) is 6.79 Å². The van der Waals surface area contributed by atoms with Crippen LogP contribution in [0.5, 0.6) is 11.5 Å². The zero-order chi connectivity index (χ0) is 22.6. The Kier molecular flexibility index (Phi) is 4.24. The molecule has 2 unspecified atom stereocenters. The highest BCUT2D eigenvalue weighted by atomic mass is 16.7.